The minimum Gasteiger partial charge on any atom is -0.349 e. The van der Waals surface area contributed by atoms with Crippen LogP contribution in [0.5, 0.6) is 0 Å². The number of nitrogens with zero attached hydrogens (tertiary/aromatic N) is 2. The van der Waals surface area contributed by atoms with Crippen LogP contribution < -0.4 is 9.80 Å². The van der Waals surface area contributed by atoms with Gasteiger partial charge in [0.05, 0.1) is 6.67 Å². The fourth-order valence-corrected chi connectivity index (χ4v) is 3.27. The van der Waals surface area contributed by atoms with Gasteiger partial charge in [0.15, 0.2) is 0 Å². The van der Waals surface area contributed by atoms with Gasteiger partial charge >= 0.3 is 0 Å². The summed E-state index contributed by atoms with van der Waals surface area (Å²) in [5, 5.41) is 0. The molecule has 2 aromatic carbocycles. The molecule has 2 bridgehead atoms. The standard InChI is InChI=1S/C17H14N2O2/c20-9-12-1-3-16-14(5-12)7-19-11-18(16)8-15-6-13(10-21)2-4-17(15)19/h1-6,9-10H,7-8,11H2. The van der Waals surface area contributed by atoms with Crippen molar-refractivity contribution in [3.8, 4) is 0 Å². The third-order valence-electron chi connectivity index (χ3n) is 4.22. The molecule has 0 aliphatic carbocycles. The maximum absolute atomic E-state index is 10.9. The normalized spacial score (nSPS) is 15.2. The Morgan fingerprint density at radius 2 is 1.24 bits per heavy atom. The van der Waals surface area contributed by atoms with Gasteiger partial charge < -0.3 is 9.80 Å². The predicted molar refractivity (Wildman–Crippen MR) is 80.9 cm³/mol. The van der Waals surface area contributed by atoms with E-state index < -0.39 is 0 Å². The van der Waals surface area contributed by atoms with Gasteiger partial charge in [-0.05, 0) is 47.5 Å². The Bertz CT molecular complexity index is 691. The lowest BCUT2D eigenvalue weighted by Gasteiger charge is -2.44. The number of carbonyl (C=O) groups excluding carboxylic acids is 2. The number of anilines is 2. The molecule has 0 radical (unpaired) electrons. The molecule has 0 aromatic heterocycles. The van der Waals surface area contributed by atoms with E-state index in [4.69, 9.17) is 0 Å². The van der Waals surface area contributed by atoms with Crippen LogP contribution in [-0.2, 0) is 13.1 Å². The van der Waals surface area contributed by atoms with E-state index in [1.165, 1.54) is 22.5 Å². The van der Waals surface area contributed by atoms with Crippen LogP contribution in [0.3, 0.4) is 0 Å². The van der Waals surface area contributed by atoms with E-state index in [0.717, 1.165) is 32.3 Å². The highest BCUT2D eigenvalue weighted by Crippen LogP contribution is 2.38. The summed E-state index contributed by atoms with van der Waals surface area (Å²) in [6.45, 7) is 2.43. The second-order valence-corrected chi connectivity index (χ2v) is 5.55. The molecule has 2 aliphatic rings. The highest BCUT2D eigenvalue weighted by Gasteiger charge is 2.29. The van der Waals surface area contributed by atoms with Crippen molar-refractivity contribution in [3.05, 3.63) is 58.7 Å². The third-order valence-corrected chi connectivity index (χ3v) is 4.22. The van der Waals surface area contributed by atoms with Crippen molar-refractivity contribution in [2.45, 2.75) is 13.1 Å². The zero-order chi connectivity index (χ0) is 14.4. The maximum atomic E-state index is 10.9. The molecule has 0 saturated carbocycles. The maximum Gasteiger partial charge on any atom is 0.150 e. The van der Waals surface area contributed by atoms with Crippen molar-refractivity contribution < 1.29 is 9.59 Å². The summed E-state index contributed by atoms with van der Waals surface area (Å²) in [6, 6.07) is 11.7. The first-order chi connectivity index (χ1) is 10.3. The van der Waals surface area contributed by atoms with Crippen LogP contribution in [0.2, 0.25) is 0 Å². The number of hydrogen-bond donors (Lipinski definition) is 0. The molecule has 2 heterocycles. The monoisotopic (exact) mass is 278 g/mol. The molecule has 104 valence electrons. The molecule has 0 fully saturated rings. The van der Waals surface area contributed by atoms with E-state index in [-0.39, 0.29) is 0 Å². The van der Waals surface area contributed by atoms with Crippen LogP contribution in [0, 0.1) is 0 Å². The van der Waals surface area contributed by atoms with Gasteiger partial charge in [0.2, 0.25) is 0 Å². The van der Waals surface area contributed by atoms with Crippen LogP contribution >= 0.6 is 0 Å². The largest absolute Gasteiger partial charge is 0.349 e. The van der Waals surface area contributed by atoms with E-state index in [2.05, 4.69) is 9.80 Å². The van der Waals surface area contributed by atoms with E-state index in [9.17, 15) is 9.59 Å². The molecule has 0 saturated heterocycles. The van der Waals surface area contributed by atoms with Gasteiger partial charge in [0.25, 0.3) is 0 Å². The second-order valence-electron chi connectivity index (χ2n) is 5.55. The molecule has 2 aliphatic heterocycles. The van der Waals surface area contributed by atoms with Gasteiger partial charge in [-0.25, -0.2) is 0 Å². The fraction of sp³-hybridized carbons (Fsp3) is 0.176. The first-order valence-corrected chi connectivity index (χ1v) is 6.94. The highest BCUT2D eigenvalue weighted by atomic mass is 16.1. The SMILES string of the molecule is O=Cc1ccc2c(c1)CN1CN2Cc2cc(C=O)ccc21. The zero-order valence-corrected chi connectivity index (χ0v) is 11.5. The molecule has 0 spiro atoms. The summed E-state index contributed by atoms with van der Waals surface area (Å²) in [5.41, 5.74) is 6.14. The average molecular weight is 278 g/mol. The molecule has 4 heteroatoms. The van der Waals surface area contributed by atoms with Gasteiger partial charge in [-0.15, -0.1) is 0 Å². The quantitative estimate of drug-likeness (QED) is 0.792. The molecule has 0 N–H and O–H groups in total. The summed E-state index contributed by atoms with van der Waals surface area (Å²) in [7, 11) is 0. The molecule has 0 amide bonds. The van der Waals surface area contributed by atoms with E-state index in [1.54, 1.807) is 0 Å². The minimum atomic E-state index is 0.715. The topological polar surface area (TPSA) is 40.6 Å². The molecule has 0 unspecified atom stereocenters. The lowest BCUT2D eigenvalue weighted by molar-refractivity contribution is 0.111. The van der Waals surface area contributed by atoms with Crippen molar-refractivity contribution in [2.24, 2.45) is 0 Å². The van der Waals surface area contributed by atoms with Gasteiger partial charge in [0, 0.05) is 35.6 Å². The second kappa shape index (κ2) is 4.45. The van der Waals surface area contributed by atoms with Gasteiger partial charge in [-0.2, -0.15) is 0 Å². The first kappa shape index (κ1) is 12.1. The Labute approximate surface area is 122 Å². The number of benzene rings is 2. The predicted octanol–water partition coefficient (Wildman–Crippen LogP) is 2.61. The molecule has 2 aromatic rings. The van der Waals surface area contributed by atoms with E-state index in [0.29, 0.717) is 11.1 Å². The van der Waals surface area contributed by atoms with Crippen LogP contribution in [-0.4, -0.2) is 19.2 Å². The smallest absolute Gasteiger partial charge is 0.150 e. The van der Waals surface area contributed by atoms with E-state index in [1.807, 2.05) is 36.4 Å². The van der Waals surface area contributed by atoms with Gasteiger partial charge in [-0.3, -0.25) is 9.59 Å². The molecule has 0 atom stereocenters. The average Bonchev–Trinajstić information content (AvgIpc) is 2.53. The first-order valence-electron chi connectivity index (χ1n) is 6.94. The number of carbonyl (C=O) groups is 2. The molecular formula is C17H14N2O2. The summed E-state index contributed by atoms with van der Waals surface area (Å²) < 4.78 is 0. The summed E-state index contributed by atoms with van der Waals surface area (Å²) in [5.74, 6) is 0. The summed E-state index contributed by atoms with van der Waals surface area (Å²) >= 11 is 0. The summed E-state index contributed by atoms with van der Waals surface area (Å²) in [6.07, 6.45) is 1.78. The van der Waals surface area contributed by atoms with Crippen molar-refractivity contribution in [2.75, 3.05) is 16.5 Å². The third kappa shape index (κ3) is 1.83. The van der Waals surface area contributed by atoms with Crippen LogP contribution in [0.25, 0.3) is 0 Å². The molecule has 4 rings (SSSR count). The Morgan fingerprint density at radius 3 is 1.67 bits per heavy atom. The van der Waals surface area contributed by atoms with Gasteiger partial charge in [0.1, 0.15) is 12.6 Å². The van der Waals surface area contributed by atoms with Crippen LogP contribution in [0.1, 0.15) is 31.8 Å². The Morgan fingerprint density at radius 1 is 0.762 bits per heavy atom. The van der Waals surface area contributed by atoms with Crippen LogP contribution in [0.4, 0.5) is 11.4 Å². The molecular weight excluding hydrogens is 264 g/mol. The zero-order valence-electron chi connectivity index (χ0n) is 11.5. The number of fused-ring (bicyclic) bond motifs is 6. The van der Waals surface area contributed by atoms with Crippen molar-refractivity contribution in [1.29, 1.82) is 0 Å². The van der Waals surface area contributed by atoms with E-state index >= 15 is 0 Å². The molecule has 4 nitrogen and oxygen atoms in total. The molecule has 21 heavy (non-hydrogen) atoms. The van der Waals surface area contributed by atoms with Crippen molar-refractivity contribution in [3.63, 3.8) is 0 Å². The highest BCUT2D eigenvalue weighted by molar-refractivity contribution is 5.80. The van der Waals surface area contributed by atoms with Crippen molar-refractivity contribution in [1.82, 2.24) is 0 Å². The Kier molecular flexibility index (Phi) is 2.57. The fourth-order valence-electron chi connectivity index (χ4n) is 3.27. The minimum absolute atomic E-state index is 0.715. The lowest BCUT2D eigenvalue weighted by Crippen LogP contribution is -2.46. The van der Waals surface area contributed by atoms with Crippen molar-refractivity contribution >= 4 is 23.9 Å². The number of rotatable bonds is 2. The number of hydrogen-bond acceptors (Lipinski definition) is 4. The lowest BCUT2D eigenvalue weighted by atomic mass is 9.99. The van der Waals surface area contributed by atoms with Crippen LogP contribution in [0.15, 0.2) is 36.4 Å². The Hall–Kier alpha value is -2.62. The Balaban J connectivity index is 1.80. The summed E-state index contributed by atoms with van der Waals surface area (Å²) in [4.78, 5) is 26.5. The van der Waals surface area contributed by atoms with Gasteiger partial charge in [-0.1, -0.05) is 0 Å². The number of aldehydes is 2.